The molecule has 1 aromatic heterocycles. The second-order valence-corrected chi connectivity index (χ2v) is 5.51. The van der Waals surface area contributed by atoms with E-state index in [1.165, 1.54) is 0 Å². The molecule has 0 aromatic carbocycles. The Morgan fingerprint density at radius 3 is 2.36 bits per heavy atom. The molecule has 0 aliphatic rings. The third kappa shape index (κ3) is 2.28. The molecule has 0 saturated heterocycles. The fourth-order valence-corrected chi connectivity index (χ4v) is 0.947. The maximum absolute atomic E-state index is 5.39. The van der Waals surface area contributed by atoms with E-state index in [0.29, 0.717) is 5.82 Å². The Morgan fingerprint density at radius 1 is 1.36 bits per heavy atom. The average molecular weight is 263 g/mol. The van der Waals surface area contributed by atoms with Crippen LogP contribution in [-0.2, 0) is 3.42 Å². The first kappa shape index (κ1) is 8.70. The Hall–Kier alpha value is -0.390. The Labute approximate surface area is 79.5 Å². The van der Waals surface area contributed by atoms with Crippen molar-refractivity contribution in [1.29, 1.82) is 0 Å². The molecule has 0 unspecified atom stereocenters. The Balaban J connectivity index is 2.99. The molecule has 0 spiro atoms. The first-order chi connectivity index (χ1) is 5.00. The van der Waals surface area contributed by atoms with Gasteiger partial charge in [0.25, 0.3) is 0 Å². The third-order valence-corrected chi connectivity index (χ3v) is 1.85. The molecule has 0 saturated carbocycles. The molecule has 1 rings (SSSR count). The van der Waals surface area contributed by atoms with Crippen LogP contribution in [-0.4, -0.2) is 10.2 Å². The van der Waals surface area contributed by atoms with Crippen LogP contribution in [0.15, 0.2) is 12.1 Å². The fourth-order valence-electron chi connectivity index (χ4n) is 0.660. The van der Waals surface area contributed by atoms with Crippen LogP contribution in [0.5, 0.6) is 0 Å². The summed E-state index contributed by atoms with van der Waals surface area (Å²) < 4.78 is 0.0262. The summed E-state index contributed by atoms with van der Waals surface area (Å²) >= 11 is 2.31. The lowest BCUT2D eigenvalue weighted by Crippen LogP contribution is -2.10. The number of nitrogens with zero attached hydrogens (tertiary/aromatic N) is 2. The molecule has 0 aliphatic carbocycles. The molecule has 0 bridgehead atoms. The van der Waals surface area contributed by atoms with Crippen molar-refractivity contribution in [3.63, 3.8) is 0 Å². The van der Waals surface area contributed by atoms with Gasteiger partial charge in [-0.05, 0) is 26.0 Å². The fraction of sp³-hybridized carbons (Fsp3) is 0.429. The molecule has 3 nitrogen and oxygen atoms in total. The van der Waals surface area contributed by atoms with Crippen molar-refractivity contribution >= 4 is 28.4 Å². The molecule has 1 aromatic rings. The van der Waals surface area contributed by atoms with Crippen molar-refractivity contribution in [1.82, 2.24) is 10.2 Å². The molecule has 2 N–H and O–H groups in total. The standard InChI is InChI=1S/C7H10IN3/c1-7(2,8)5-3-4-6(9)11-10-5/h3-4H,1-2H3,(H2,9,11). The Bertz CT molecular complexity index is 237. The van der Waals surface area contributed by atoms with Gasteiger partial charge in [0, 0.05) is 0 Å². The lowest BCUT2D eigenvalue weighted by Gasteiger charge is -2.13. The second-order valence-electron chi connectivity index (χ2n) is 2.82. The Morgan fingerprint density at radius 2 is 2.00 bits per heavy atom. The zero-order valence-electron chi connectivity index (χ0n) is 6.50. The van der Waals surface area contributed by atoms with Crippen LogP contribution in [0, 0.1) is 0 Å². The van der Waals surface area contributed by atoms with Crippen LogP contribution in [0.4, 0.5) is 5.82 Å². The van der Waals surface area contributed by atoms with E-state index in [9.17, 15) is 0 Å². The van der Waals surface area contributed by atoms with E-state index >= 15 is 0 Å². The summed E-state index contributed by atoms with van der Waals surface area (Å²) in [6.07, 6.45) is 0. The van der Waals surface area contributed by atoms with Crippen LogP contribution >= 0.6 is 22.6 Å². The molecule has 4 heteroatoms. The third-order valence-electron chi connectivity index (χ3n) is 1.29. The number of halogens is 1. The number of hydrogen-bond acceptors (Lipinski definition) is 3. The molecule has 0 radical (unpaired) electrons. The highest BCUT2D eigenvalue weighted by Crippen LogP contribution is 2.28. The van der Waals surface area contributed by atoms with Gasteiger partial charge >= 0.3 is 0 Å². The zero-order chi connectivity index (χ0) is 8.48. The number of nitrogens with two attached hydrogens (primary N) is 1. The molecule has 0 amide bonds. The van der Waals surface area contributed by atoms with Gasteiger partial charge in [-0.1, -0.05) is 22.6 Å². The van der Waals surface area contributed by atoms with E-state index in [0.717, 1.165) is 5.69 Å². The first-order valence-corrected chi connectivity index (χ1v) is 4.36. The first-order valence-electron chi connectivity index (χ1n) is 3.29. The van der Waals surface area contributed by atoms with E-state index in [2.05, 4.69) is 46.6 Å². The monoisotopic (exact) mass is 263 g/mol. The van der Waals surface area contributed by atoms with Crippen molar-refractivity contribution in [3.8, 4) is 0 Å². The SMILES string of the molecule is CC(C)(I)c1ccc(N)nn1. The van der Waals surface area contributed by atoms with Gasteiger partial charge in [-0.25, -0.2) is 0 Å². The van der Waals surface area contributed by atoms with Gasteiger partial charge in [0.15, 0.2) is 0 Å². The molecule has 0 atom stereocenters. The highest BCUT2D eigenvalue weighted by molar-refractivity contribution is 14.1. The van der Waals surface area contributed by atoms with Crippen LogP contribution < -0.4 is 5.73 Å². The predicted molar refractivity (Wildman–Crippen MR) is 53.5 cm³/mol. The Kier molecular flexibility index (Phi) is 2.31. The summed E-state index contributed by atoms with van der Waals surface area (Å²) in [4.78, 5) is 0. The highest BCUT2D eigenvalue weighted by Gasteiger charge is 2.17. The van der Waals surface area contributed by atoms with Crippen LogP contribution in [0.25, 0.3) is 0 Å². The molecule has 0 fully saturated rings. The van der Waals surface area contributed by atoms with Gasteiger partial charge in [0.05, 0.1) is 9.12 Å². The summed E-state index contributed by atoms with van der Waals surface area (Å²) in [6.45, 7) is 4.15. The van der Waals surface area contributed by atoms with Gasteiger partial charge in [-0.3, -0.25) is 0 Å². The number of alkyl halides is 1. The van der Waals surface area contributed by atoms with Crippen LogP contribution in [0.2, 0.25) is 0 Å². The van der Waals surface area contributed by atoms with Gasteiger partial charge in [0.1, 0.15) is 5.82 Å². The molecule has 60 valence electrons. The summed E-state index contributed by atoms with van der Waals surface area (Å²) in [7, 11) is 0. The van der Waals surface area contributed by atoms with Crippen molar-refractivity contribution in [2.24, 2.45) is 0 Å². The van der Waals surface area contributed by atoms with E-state index in [4.69, 9.17) is 5.73 Å². The molecular weight excluding hydrogens is 253 g/mol. The van der Waals surface area contributed by atoms with E-state index in [1.54, 1.807) is 6.07 Å². The quantitative estimate of drug-likeness (QED) is 0.620. The number of hydrogen-bond donors (Lipinski definition) is 1. The van der Waals surface area contributed by atoms with Crippen LogP contribution in [0.3, 0.4) is 0 Å². The molecule has 1 heterocycles. The molecule has 11 heavy (non-hydrogen) atoms. The molecular formula is C7H10IN3. The highest BCUT2D eigenvalue weighted by atomic mass is 127. The van der Waals surface area contributed by atoms with E-state index in [1.807, 2.05) is 6.07 Å². The average Bonchev–Trinajstić information content (AvgIpc) is 1.86. The normalized spacial score (nSPS) is 11.5. The maximum atomic E-state index is 5.39. The van der Waals surface area contributed by atoms with Crippen molar-refractivity contribution in [2.45, 2.75) is 17.3 Å². The van der Waals surface area contributed by atoms with Crippen molar-refractivity contribution in [3.05, 3.63) is 17.8 Å². The zero-order valence-corrected chi connectivity index (χ0v) is 8.66. The topological polar surface area (TPSA) is 51.8 Å². The van der Waals surface area contributed by atoms with Crippen LogP contribution in [0.1, 0.15) is 19.5 Å². The predicted octanol–water partition coefficient (Wildman–Crippen LogP) is 1.73. The van der Waals surface area contributed by atoms with Gasteiger partial charge in [-0.2, -0.15) is 5.10 Å². The van der Waals surface area contributed by atoms with E-state index in [-0.39, 0.29) is 3.42 Å². The summed E-state index contributed by atoms with van der Waals surface area (Å²) in [5, 5.41) is 7.74. The summed E-state index contributed by atoms with van der Waals surface area (Å²) in [6, 6.07) is 3.66. The smallest absolute Gasteiger partial charge is 0.146 e. The van der Waals surface area contributed by atoms with Gasteiger partial charge in [-0.15, -0.1) is 5.10 Å². The van der Waals surface area contributed by atoms with E-state index < -0.39 is 0 Å². The largest absolute Gasteiger partial charge is 0.382 e. The number of anilines is 1. The summed E-state index contributed by atoms with van der Waals surface area (Å²) in [5.74, 6) is 0.467. The number of nitrogen functional groups attached to an aromatic ring is 1. The lowest BCUT2D eigenvalue weighted by atomic mass is 10.1. The van der Waals surface area contributed by atoms with Crippen molar-refractivity contribution in [2.75, 3.05) is 5.73 Å². The minimum Gasteiger partial charge on any atom is -0.382 e. The second kappa shape index (κ2) is 2.92. The van der Waals surface area contributed by atoms with Crippen molar-refractivity contribution < 1.29 is 0 Å². The molecule has 0 aliphatic heterocycles. The number of aromatic nitrogens is 2. The minimum absolute atomic E-state index is 0.0262. The van der Waals surface area contributed by atoms with Gasteiger partial charge in [0.2, 0.25) is 0 Å². The maximum Gasteiger partial charge on any atom is 0.146 e. The summed E-state index contributed by atoms with van der Waals surface area (Å²) in [5.41, 5.74) is 6.35. The van der Waals surface area contributed by atoms with Gasteiger partial charge < -0.3 is 5.73 Å². The number of rotatable bonds is 1. The minimum atomic E-state index is 0.0262. The lowest BCUT2D eigenvalue weighted by molar-refractivity contribution is 0.758.